The van der Waals surface area contributed by atoms with Gasteiger partial charge in [0, 0.05) is 79.1 Å². The fourth-order valence-corrected chi connectivity index (χ4v) is 9.70. The van der Waals surface area contributed by atoms with Gasteiger partial charge in [-0.2, -0.15) is 0 Å². The largest absolute Gasteiger partial charge is 0.324 e. The van der Waals surface area contributed by atoms with Crippen LogP contribution in [0.25, 0.3) is 135 Å². The Morgan fingerprint density at radius 2 is 0.765 bits per heavy atom. The van der Waals surface area contributed by atoms with E-state index in [-0.39, 0.29) is 0 Å². The zero-order chi connectivity index (χ0) is 45.6. The maximum atomic E-state index is 5.71. The van der Waals surface area contributed by atoms with Gasteiger partial charge in [-0.3, -0.25) is 0 Å². The summed E-state index contributed by atoms with van der Waals surface area (Å²) in [5.74, 6) is 9.28. The number of nitrogens with zero attached hydrogens (tertiary/aromatic N) is 10. The van der Waals surface area contributed by atoms with Gasteiger partial charge in [0.05, 0.1) is 22.1 Å². The monoisotopic (exact) mass is 878 g/mol. The standard InChI is InChI=1S/C56H38N12/c1-5-25-67-45-29-41-39(27-43(45)57-55(67)33-21-17-31(7-3)18-22-33)51-61-47-36-14-10-12-16-38(36)50(60-47)64-54-42-30-46-44(58-56(68(46)26-6-2)34-23-19-32(8-4)20-24-34)28-40(42)52(66-54)62-48-35-13-9-11-15-37(35)49(59-48)63-53(41)65-51/h3-4,9-24,27-30H,5-6,25-26H2,1-2H3,(H2,59,60,61,62,63,64,65,66). The highest BCUT2D eigenvalue weighted by Gasteiger charge is 2.24. The van der Waals surface area contributed by atoms with Crippen molar-refractivity contribution < 1.29 is 0 Å². The molecule has 2 aliphatic heterocycles. The first kappa shape index (κ1) is 39.1. The maximum Gasteiger partial charge on any atom is 0.164 e. The van der Waals surface area contributed by atoms with Crippen LogP contribution in [0.5, 0.6) is 0 Å². The Hall–Kier alpha value is -9.26. The van der Waals surface area contributed by atoms with Gasteiger partial charge < -0.3 is 19.1 Å². The third kappa shape index (κ3) is 6.05. The molecule has 2 aliphatic rings. The summed E-state index contributed by atoms with van der Waals surface area (Å²) in [7, 11) is 0. The first-order valence-corrected chi connectivity index (χ1v) is 22.7. The van der Waals surface area contributed by atoms with Crippen LogP contribution >= 0.6 is 0 Å². The van der Waals surface area contributed by atoms with Gasteiger partial charge in [-0.25, -0.2) is 39.9 Å². The summed E-state index contributed by atoms with van der Waals surface area (Å²) < 4.78 is 4.54. The minimum absolute atomic E-state index is 0.524. The lowest BCUT2D eigenvalue weighted by molar-refractivity contribution is 0.704. The molecule has 0 amide bonds. The van der Waals surface area contributed by atoms with E-state index in [1.165, 1.54) is 0 Å². The van der Waals surface area contributed by atoms with E-state index in [0.29, 0.717) is 45.9 Å². The lowest BCUT2D eigenvalue weighted by Gasteiger charge is -2.08. The number of benzene rings is 6. The molecule has 12 heteroatoms. The van der Waals surface area contributed by atoms with Crippen LogP contribution in [0.4, 0.5) is 0 Å². The summed E-state index contributed by atoms with van der Waals surface area (Å²) in [6.07, 6.45) is 13.3. The van der Waals surface area contributed by atoms with Gasteiger partial charge in [0.15, 0.2) is 23.3 Å². The molecule has 0 spiro atoms. The van der Waals surface area contributed by atoms with Crippen molar-refractivity contribution in [1.82, 2.24) is 59.0 Å². The van der Waals surface area contributed by atoms with Crippen LogP contribution in [-0.4, -0.2) is 59.0 Å². The van der Waals surface area contributed by atoms with Crippen LogP contribution in [-0.2, 0) is 13.1 Å². The van der Waals surface area contributed by atoms with Crippen molar-refractivity contribution in [2.75, 3.05) is 0 Å². The minimum atomic E-state index is 0.524. The molecule has 13 rings (SSSR count). The summed E-state index contributed by atoms with van der Waals surface area (Å²) >= 11 is 0. The van der Waals surface area contributed by atoms with Crippen molar-refractivity contribution in [2.45, 2.75) is 39.8 Å². The van der Waals surface area contributed by atoms with Gasteiger partial charge >= 0.3 is 0 Å². The van der Waals surface area contributed by atoms with E-state index in [1.807, 2.05) is 97.1 Å². The van der Waals surface area contributed by atoms with Gasteiger partial charge in [0.1, 0.15) is 34.2 Å². The predicted molar refractivity (Wildman–Crippen MR) is 270 cm³/mol. The highest BCUT2D eigenvalue weighted by molar-refractivity contribution is 6.12. The molecular formula is C56H38N12. The van der Waals surface area contributed by atoms with Crippen molar-refractivity contribution in [2.24, 2.45) is 0 Å². The molecule has 68 heavy (non-hydrogen) atoms. The van der Waals surface area contributed by atoms with Gasteiger partial charge in [0.25, 0.3) is 0 Å². The quantitative estimate of drug-likeness (QED) is 0.157. The van der Waals surface area contributed by atoms with Crippen molar-refractivity contribution in [1.29, 1.82) is 0 Å². The Morgan fingerprint density at radius 3 is 1.09 bits per heavy atom. The molecule has 322 valence electrons. The Morgan fingerprint density at radius 1 is 0.426 bits per heavy atom. The topological polar surface area (TPSA) is 145 Å². The fourth-order valence-electron chi connectivity index (χ4n) is 9.70. The molecule has 0 aliphatic carbocycles. The van der Waals surface area contributed by atoms with Crippen LogP contribution in [0.15, 0.2) is 121 Å². The molecule has 5 aromatic heterocycles. The van der Waals surface area contributed by atoms with Crippen LogP contribution in [0.1, 0.15) is 37.8 Å². The molecule has 0 atom stereocenters. The molecule has 11 aromatic rings. The van der Waals surface area contributed by atoms with Crippen LogP contribution in [0.2, 0.25) is 0 Å². The molecule has 12 nitrogen and oxygen atoms in total. The molecule has 0 unspecified atom stereocenters. The normalized spacial score (nSPS) is 11.9. The number of terminal acetylenes is 2. The van der Waals surface area contributed by atoms with E-state index < -0.39 is 0 Å². The molecule has 8 bridgehead atoms. The lowest BCUT2D eigenvalue weighted by atomic mass is 10.1. The Kier molecular flexibility index (Phi) is 8.72. The minimum Gasteiger partial charge on any atom is -0.324 e. The van der Waals surface area contributed by atoms with Crippen molar-refractivity contribution in [3.05, 3.63) is 132 Å². The first-order chi connectivity index (χ1) is 33.5. The summed E-state index contributed by atoms with van der Waals surface area (Å²) in [6, 6.07) is 40.6. The Labute approximate surface area is 388 Å². The number of rotatable bonds is 6. The van der Waals surface area contributed by atoms with Crippen molar-refractivity contribution >= 4 is 66.2 Å². The van der Waals surface area contributed by atoms with E-state index in [2.05, 4.69) is 69.1 Å². The zero-order valence-corrected chi connectivity index (χ0v) is 37.0. The predicted octanol–water partition coefficient (Wildman–Crippen LogP) is 11.7. The molecular weight excluding hydrogens is 841 g/mol. The molecule has 0 fully saturated rings. The second-order valence-corrected chi connectivity index (χ2v) is 17.1. The van der Waals surface area contributed by atoms with Gasteiger partial charge in [0.2, 0.25) is 0 Å². The number of nitrogens with one attached hydrogen (secondary N) is 2. The smallest absolute Gasteiger partial charge is 0.164 e. The number of aromatic nitrogens is 12. The molecule has 0 radical (unpaired) electrons. The van der Waals surface area contributed by atoms with Gasteiger partial charge in [-0.15, -0.1) is 12.8 Å². The zero-order valence-electron chi connectivity index (χ0n) is 37.0. The molecule has 7 heterocycles. The Balaban J connectivity index is 1.12. The van der Waals surface area contributed by atoms with Crippen LogP contribution < -0.4 is 0 Å². The highest BCUT2D eigenvalue weighted by atomic mass is 15.1. The Bertz CT molecular complexity index is 3920. The summed E-state index contributed by atoms with van der Waals surface area (Å²) in [5.41, 5.74) is 13.1. The number of hydrogen-bond acceptors (Lipinski definition) is 8. The number of H-pyrrole nitrogens is 2. The average Bonchev–Trinajstić information content (AvgIpc) is 4.22. The van der Waals surface area contributed by atoms with E-state index in [9.17, 15) is 0 Å². The summed E-state index contributed by atoms with van der Waals surface area (Å²) in [5, 5.41) is 3.44. The van der Waals surface area contributed by atoms with E-state index >= 15 is 0 Å². The number of aromatic amines is 2. The van der Waals surface area contributed by atoms with E-state index in [1.54, 1.807) is 0 Å². The van der Waals surface area contributed by atoms with Crippen molar-refractivity contribution in [3.63, 3.8) is 0 Å². The second-order valence-electron chi connectivity index (χ2n) is 17.1. The average molecular weight is 879 g/mol. The van der Waals surface area contributed by atoms with Crippen LogP contribution in [0, 0.1) is 24.7 Å². The van der Waals surface area contributed by atoms with Crippen molar-refractivity contribution in [3.8, 4) is 93.0 Å². The van der Waals surface area contributed by atoms with E-state index in [0.717, 1.165) is 126 Å². The number of hydrogen-bond donors (Lipinski definition) is 2. The van der Waals surface area contributed by atoms with Gasteiger partial charge in [-0.1, -0.05) is 98.5 Å². The fraction of sp³-hybridized carbons (Fsp3) is 0.107. The van der Waals surface area contributed by atoms with Gasteiger partial charge in [-0.05, 0) is 61.4 Å². The molecule has 6 aromatic carbocycles. The summed E-state index contributed by atoms with van der Waals surface area (Å²) in [4.78, 5) is 49.3. The number of imidazole rings is 2. The SMILES string of the molecule is C#Cc1ccc(-c2nc3cc4c5nc6nc(nc7[nH]c(nc8nc(nc([nH]5)c4cc3n2CCC)-c2ccccc2-8)c2cc3nc(-c4ccc(C#C)cc4)n(CCC)c3cc72)-c2ccccc2-6)cc1. The van der Waals surface area contributed by atoms with Crippen LogP contribution in [0.3, 0.4) is 0 Å². The third-order valence-electron chi connectivity index (χ3n) is 12.9. The summed E-state index contributed by atoms with van der Waals surface area (Å²) in [6.45, 7) is 5.87. The molecule has 0 saturated carbocycles. The number of fused-ring (bicyclic) bond motifs is 22. The second kappa shape index (κ2) is 15.2. The lowest BCUT2D eigenvalue weighted by Crippen LogP contribution is -1.99. The highest BCUT2D eigenvalue weighted by Crippen LogP contribution is 2.39. The molecule has 0 saturated heterocycles. The first-order valence-electron chi connectivity index (χ1n) is 22.7. The number of aryl methyl sites for hydroxylation is 2. The maximum absolute atomic E-state index is 5.71. The third-order valence-corrected chi connectivity index (χ3v) is 12.9. The van der Waals surface area contributed by atoms with E-state index in [4.69, 9.17) is 52.7 Å². The molecule has 2 N–H and O–H groups in total.